The third-order valence-corrected chi connectivity index (χ3v) is 11.8. The molecule has 1 aromatic heterocycles. The van der Waals surface area contributed by atoms with Crippen LogP contribution in [-0.2, 0) is 5.41 Å². The minimum Gasteiger partial charge on any atom is -0.448 e. The van der Waals surface area contributed by atoms with E-state index in [0.29, 0.717) is 0 Å². The summed E-state index contributed by atoms with van der Waals surface area (Å²) in [5, 5.41) is 0. The van der Waals surface area contributed by atoms with Gasteiger partial charge >= 0.3 is 0 Å². The van der Waals surface area contributed by atoms with Crippen LogP contribution in [0.15, 0.2) is 176 Å². The highest BCUT2D eigenvalue weighted by molar-refractivity contribution is 7.19. The summed E-state index contributed by atoms with van der Waals surface area (Å²) in [5.74, 6) is 2.97. The zero-order valence-electron chi connectivity index (χ0n) is 29.4. The van der Waals surface area contributed by atoms with Crippen molar-refractivity contribution in [2.75, 3.05) is 4.90 Å². The highest BCUT2D eigenvalue weighted by Gasteiger charge is 2.38. The number of anilines is 3. The molecular weight excluding hydrogens is 667 g/mol. The molecule has 0 amide bonds. The van der Waals surface area contributed by atoms with Crippen LogP contribution in [0.3, 0.4) is 0 Å². The largest absolute Gasteiger partial charge is 0.448 e. The van der Waals surface area contributed by atoms with Crippen molar-refractivity contribution < 1.29 is 9.47 Å². The van der Waals surface area contributed by atoms with Crippen molar-refractivity contribution in [3.05, 3.63) is 187 Å². The van der Waals surface area contributed by atoms with Crippen LogP contribution in [0.1, 0.15) is 25.0 Å². The van der Waals surface area contributed by atoms with Gasteiger partial charge in [-0.1, -0.05) is 147 Å². The summed E-state index contributed by atoms with van der Waals surface area (Å²) >= 11 is 1.70. The Bertz CT molecular complexity index is 2620. The summed E-state index contributed by atoms with van der Waals surface area (Å²) in [7, 11) is 0. The van der Waals surface area contributed by atoms with Crippen molar-refractivity contribution in [3.63, 3.8) is 0 Å². The van der Waals surface area contributed by atoms with E-state index in [2.05, 4.69) is 164 Å². The summed E-state index contributed by atoms with van der Waals surface area (Å²) in [4.78, 5) is 4.50. The van der Waals surface area contributed by atoms with Gasteiger partial charge in [0.2, 0.25) is 0 Å². The number of ether oxygens (including phenoxy) is 2. The lowest BCUT2D eigenvalue weighted by Gasteiger charge is -2.29. The first-order chi connectivity index (χ1) is 26.0. The predicted molar refractivity (Wildman–Crippen MR) is 219 cm³/mol. The van der Waals surface area contributed by atoms with Gasteiger partial charge in [-0.15, -0.1) is 11.3 Å². The third kappa shape index (κ3) is 5.17. The molecular formula is C49H35NO2S. The molecule has 53 heavy (non-hydrogen) atoms. The van der Waals surface area contributed by atoms with Gasteiger partial charge in [0.15, 0.2) is 23.0 Å². The van der Waals surface area contributed by atoms with Crippen LogP contribution < -0.4 is 14.4 Å². The highest BCUT2D eigenvalue weighted by atomic mass is 32.1. The maximum atomic E-state index is 6.61. The molecule has 0 fully saturated rings. The van der Waals surface area contributed by atoms with Crippen LogP contribution >= 0.6 is 11.3 Å². The zero-order valence-corrected chi connectivity index (χ0v) is 30.2. The maximum Gasteiger partial charge on any atom is 0.189 e. The number of hydrogen-bond acceptors (Lipinski definition) is 4. The second kappa shape index (κ2) is 12.4. The van der Waals surface area contributed by atoms with Gasteiger partial charge in [-0.2, -0.15) is 0 Å². The Morgan fingerprint density at radius 1 is 0.434 bits per heavy atom. The SMILES string of the molecule is CC1(C)c2ccccc2-c2c(N(c3ccc(-c4ccccc4)cc3)c3ccc(-c4sc(-c5ccccc5)c5c4Oc4ccccc4O5)cc3)cccc21. The number of nitrogens with zero attached hydrogens (tertiary/aromatic N) is 1. The lowest BCUT2D eigenvalue weighted by Crippen LogP contribution is -2.16. The van der Waals surface area contributed by atoms with E-state index < -0.39 is 0 Å². The minimum atomic E-state index is -0.107. The smallest absolute Gasteiger partial charge is 0.189 e. The van der Waals surface area contributed by atoms with E-state index in [-0.39, 0.29) is 5.41 Å². The number of para-hydroxylation sites is 2. The minimum absolute atomic E-state index is 0.107. The lowest BCUT2D eigenvalue weighted by molar-refractivity contribution is 0.364. The fourth-order valence-electron chi connectivity index (χ4n) is 7.94. The van der Waals surface area contributed by atoms with Crippen LogP contribution in [0.5, 0.6) is 23.0 Å². The van der Waals surface area contributed by atoms with E-state index in [1.54, 1.807) is 11.3 Å². The maximum absolute atomic E-state index is 6.61. The van der Waals surface area contributed by atoms with E-state index in [1.165, 1.54) is 33.4 Å². The van der Waals surface area contributed by atoms with Gasteiger partial charge in [-0.3, -0.25) is 0 Å². The topological polar surface area (TPSA) is 21.7 Å². The standard InChI is InChI=1S/C49H35NO2S/c1-49(2)39-19-10-9-18-38(39)44-40(49)20-13-21-41(44)50(36-28-24-33(25-29-36)32-14-5-3-6-15-32)37-30-26-35(27-31-37)48-46-45(47(53-48)34-16-7-4-8-17-34)51-42-22-11-12-23-43(42)52-46/h3-31H,1-2H3. The Balaban J connectivity index is 1.11. The molecule has 0 unspecified atom stereocenters. The Hall–Kier alpha value is -6.36. The van der Waals surface area contributed by atoms with Gasteiger partial charge in [0, 0.05) is 22.4 Å². The molecule has 7 aromatic carbocycles. The molecule has 0 saturated carbocycles. The second-order valence-corrected chi connectivity index (χ2v) is 15.1. The van der Waals surface area contributed by atoms with Crippen molar-refractivity contribution in [2.45, 2.75) is 19.3 Å². The first kappa shape index (κ1) is 31.4. The molecule has 1 aliphatic carbocycles. The molecule has 10 rings (SSSR count). The highest BCUT2D eigenvalue weighted by Crippen LogP contribution is 2.59. The van der Waals surface area contributed by atoms with Crippen molar-refractivity contribution >= 4 is 28.4 Å². The van der Waals surface area contributed by atoms with Gasteiger partial charge in [-0.05, 0) is 81.4 Å². The van der Waals surface area contributed by atoms with Gasteiger partial charge in [-0.25, -0.2) is 0 Å². The Morgan fingerprint density at radius 2 is 0.906 bits per heavy atom. The molecule has 0 bridgehead atoms. The summed E-state index contributed by atoms with van der Waals surface area (Å²) < 4.78 is 13.2. The Morgan fingerprint density at radius 3 is 1.53 bits per heavy atom. The van der Waals surface area contributed by atoms with Crippen LogP contribution in [0.2, 0.25) is 0 Å². The third-order valence-electron chi connectivity index (χ3n) is 10.6. The molecule has 0 radical (unpaired) electrons. The molecule has 0 atom stereocenters. The number of thiophene rings is 1. The van der Waals surface area contributed by atoms with Crippen LogP contribution in [-0.4, -0.2) is 0 Å². The summed E-state index contributed by atoms with van der Waals surface area (Å²) in [6.45, 7) is 4.68. The molecule has 2 heterocycles. The van der Waals surface area contributed by atoms with E-state index in [9.17, 15) is 0 Å². The van der Waals surface area contributed by atoms with Crippen molar-refractivity contribution in [1.82, 2.24) is 0 Å². The van der Waals surface area contributed by atoms with Crippen molar-refractivity contribution in [1.29, 1.82) is 0 Å². The van der Waals surface area contributed by atoms with Gasteiger partial charge < -0.3 is 14.4 Å². The molecule has 4 heteroatoms. The summed E-state index contributed by atoms with van der Waals surface area (Å²) in [5.41, 5.74) is 13.1. The van der Waals surface area contributed by atoms with E-state index in [1.807, 2.05) is 30.3 Å². The van der Waals surface area contributed by atoms with Crippen LogP contribution in [0.4, 0.5) is 17.1 Å². The normalized spacial score (nSPS) is 13.2. The summed E-state index contributed by atoms with van der Waals surface area (Å²) in [6, 6.07) is 62.3. The Labute approximate surface area is 314 Å². The average Bonchev–Trinajstić information content (AvgIpc) is 3.70. The predicted octanol–water partition coefficient (Wildman–Crippen LogP) is 14.4. The number of fused-ring (bicyclic) bond motifs is 5. The Kier molecular flexibility index (Phi) is 7.34. The second-order valence-electron chi connectivity index (χ2n) is 14.1. The van der Waals surface area contributed by atoms with Crippen LogP contribution in [0.25, 0.3) is 43.1 Å². The molecule has 3 nitrogen and oxygen atoms in total. The van der Waals surface area contributed by atoms with Crippen molar-refractivity contribution in [2.24, 2.45) is 0 Å². The van der Waals surface area contributed by atoms with Gasteiger partial charge in [0.1, 0.15) is 0 Å². The molecule has 1 aliphatic heterocycles. The van der Waals surface area contributed by atoms with Gasteiger partial charge in [0.25, 0.3) is 0 Å². The zero-order chi connectivity index (χ0) is 35.5. The van der Waals surface area contributed by atoms with E-state index in [0.717, 1.165) is 60.9 Å². The number of benzene rings is 7. The van der Waals surface area contributed by atoms with E-state index in [4.69, 9.17) is 9.47 Å². The van der Waals surface area contributed by atoms with Crippen LogP contribution in [0, 0.1) is 0 Å². The molecule has 254 valence electrons. The molecule has 0 saturated heterocycles. The fraction of sp³-hybridized carbons (Fsp3) is 0.0612. The molecule has 2 aliphatic rings. The first-order valence-corrected chi connectivity index (χ1v) is 18.8. The number of rotatable bonds is 6. The quantitative estimate of drug-likeness (QED) is 0.172. The molecule has 0 N–H and O–H groups in total. The number of hydrogen-bond donors (Lipinski definition) is 0. The molecule has 0 spiro atoms. The first-order valence-electron chi connectivity index (χ1n) is 18.0. The van der Waals surface area contributed by atoms with Crippen molar-refractivity contribution in [3.8, 4) is 66.1 Å². The molecule has 8 aromatic rings. The summed E-state index contributed by atoms with van der Waals surface area (Å²) in [6.07, 6.45) is 0. The van der Waals surface area contributed by atoms with E-state index >= 15 is 0 Å². The average molecular weight is 702 g/mol. The monoisotopic (exact) mass is 701 g/mol. The lowest BCUT2D eigenvalue weighted by atomic mass is 9.82. The van der Waals surface area contributed by atoms with Gasteiger partial charge in [0.05, 0.1) is 15.4 Å². The fourth-order valence-corrected chi connectivity index (χ4v) is 9.11.